The Morgan fingerprint density at radius 1 is 1.16 bits per heavy atom. The van der Waals surface area contributed by atoms with Crippen molar-refractivity contribution >= 4 is 39.2 Å². The summed E-state index contributed by atoms with van der Waals surface area (Å²) >= 11 is 5.93. The van der Waals surface area contributed by atoms with E-state index in [1.54, 1.807) is 12.1 Å². The zero-order chi connectivity index (χ0) is 22.4. The van der Waals surface area contributed by atoms with Gasteiger partial charge in [-0.2, -0.15) is 4.31 Å². The van der Waals surface area contributed by atoms with Gasteiger partial charge in [-0.25, -0.2) is 13.2 Å². The Morgan fingerprint density at radius 2 is 1.87 bits per heavy atom. The molecule has 0 radical (unpaired) electrons. The van der Waals surface area contributed by atoms with E-state index < -0.39 is 28.5 Å². The number of sulfonamides is 1. The maximum atomic E-state index is 13.0. The van der Waals surface area contributed by atoms with Crippen molar-refractivity contribution in [2.24, 2.45) is 0 Å². The molecule has 1 amide bonds. The summed E-state index contributed by atoms with van der Waals surface area (Å²) in [5, 5.41) is 2.73. The molecule has 31 heavy (non-hydrogen) atoms. The van der Waals surface area contributed by atoms with Gasteiger partial charge < -0.3 is 19.5 Å². The highest BCUT2D eigenvalue weighted by Crippen LogP contribution is 2.30. The summed E-state index contributed by atoms with van der Waals surface area (Å²) in [6.45, 7) is 0.477. The SMILES string of the molecule is COc1ccc(NC(=O)COC(=O)c2ccccc2Cl)cc1S(=O)(=O)N1CCOCC1. The minimum atomic E-state index is -3.85. The molecule has 9 nitrogen and oxygen atoms in total. The minimum Gasteiger partial charge on any atom is -0.495 e. The quantitative estimate of drug-likeness (QED) is 0.620. The maximum Gasteiger partial charge on any atom is 0.340 e. The number of ether oxygens (including phenoxy) is 3. The zero-order valence-corrected chi connectivity index (χ0v) is 18.2. The number of amides is 1. The van der Waals surface area contributed by atoms with Gasteiger partial charge in [0.05, 0.1) is 30.9 Å². The first-order chi connectivity index (χ1) is 14.8. The number of carbonyl (C=O) groups is 2. The van der Waals surface area contributed by atoms with E-state index in [2.05, 4.69) is 5.32 Å². The van der Waals surface area contributed by atoms with Crippen LogP contribution in [-0.4, -0.2) is 64.6 Å². The van der Waals surface area contributed by atoms with Gasteiger partial charge in [-0.15, -0.1) is 0 Å². The predicted octanol–water partition coefficient (Wildman–Crippen LogP) is 2.17. The van der Waals surface area contributed by atoms with Gasteiger partial charge in [-0.3, -0.25) is 4.79 Å². The van der Waals surface area contributed by atoms with Crippen molar-refractivity contribution in [1.29, 1.82) is 0 Å². The highest BCUT2D eigenvalue weighted by Gasteiger charge is 2.29. The molecule has 166 valence electrons. The Labute approximate surface area is 184 Å². The van der Waals surface area contributed by atoms with Gasteiger partial charge >= 0.3 is 5.97 Å². The topological polar surface area (TPSA) is 111 Å². The fraction of sp³-hybridized carbons (Fsp3) is 0.300. The average molecular weight is 469 g/mol. The number of hydrogen-bond donors (Lipinski definition) is 1. The summed E-state index contributed by atoms with van der Waals surface area (Å²) < 4.78 is 42.7. The Kier molecular flexibility index (Phi) is 7.50. The summed E-state index contributed by atoms with van der Waals surface area (Å²) in [5.74, 6) is -1.24. The molecule has 1 heterocycles. The fourth-order valence-corrected chi connectivity index (χ4v) is 4.72. The van der Waals surface area contributed by atoms with Gasteiger partial charge in [-0.1, -0.05) is 23.7 Å². The van der Waals surface area contributed by atoms with Crippen molar-refractivity contribution in [2.75, 3.05) is 45.3 Å². The lowest BCUT2D eigenvalue weighted by Crippen LogP contribution is -2.40. The van der Waals surface area contributed by atoms with E-state index in [1.165, 1.54) is 41.7 Å². The number of halogens is 1. The van der Waals surface area contributed by atoms with Gasteiger partial charge in [0.15, 0.2) is 6.61 Å². The van der Waals surface area contributed by atoms with Crippen LogP contribution in [0.1, 0.15) is 10.4 Å². The number of anilines is 1. The zero-order valence-electron chi connectivity index (χ0n) is 16.7. The van der Waals surface area contributed by atoms with Gasteiger partial charge in [0.25, 0.3) is 5.91 Å². The smallest absolute Gasteiger partial charge is 0.340 e. The molecule has 1 fully saturated rings. The van der Waals surface area contributed by atoms with Crippen LogP contribution < -0.4 is 10.1 Å². The molecule has 0 spiro atoms. The number of nitrogens with one attached hydrogen (secondary N) is 1. The van der Waals surface area contributed by atoms with Crippen LogP contribution in [0.2, 0.25) is 5.02 Å². The lowest BCUT2D eigenvalue weighted by Gasteiger charge is -2.26. The molecular formula is C20H21ClN2O7S. The number of esters is 1. The Hall–Kier alpha value is -2.66. The molecule has 1 aliphatic rings. The Morgan fingerprint density at radius 3 is 2.55 bits per heavy atom. The summed E-state index contributed by atoms with van der Waals surface area (Å²) in [6, 6.07) is 10.5. The summed E-state index contributed by atoms with van der Waals surface area (Å²) in [6.07, 6.45) is 0. The van der Waals surface area contributed by atoms with Crippen LogP contribution in [0.15, 0.2) is 47.4 Å². The van der Waals surface area contributed by atoms with Crippen LogP contribution in [0.5, 0.6) is 5.75 Å². The van der Waals surface area contributed by atoms with Crippen molar-refractivity contribution < 1.29 is 32.2 Å². The van der Waals surface area contributed by atoms with Crippen LogP contribution in [0, 0.1) is 0 Å². The fourth-order valence-electron chi connectivity index (χ4n) is 2.91. The Bertz CT molecular complexity index is 1070. The van der Waals surface area contributed by atoms with E-state index in [9.17, 15) is 18.0 Å². The third kappa shape index (κ3) is 5.53. The molecule has 0 aromatic heterocycles. The van der Waals surface area contributed by atoms with E-state index in [0.29, 0.717) is 13.2 Å². The second-order valence-corrected chi connectivity index (χ2v) is 8.80. The molecule has 1 N–H and O–H groups in total. The number of methoxy groups -OCH3 is 1. The molecule has 0 unspecified atom stereocenters. The van der Waals surface area contributed by atoms with Crippen molar-refractivity contribution in [3.8, 4) is 5.75 Å². The first kappa shape index (κ1) is 23.0. The summed E-state index contributed by atoms with van der Waals surface area (Å²) in [4.78, 5) is 24.2. The van der Waals surface area contributed by atoms with E-state index in [4.69, 9.17) is 25.8 Å². The molecule has 0 saturated carbocycles. The third-order valence-corrected chi connectivity index (χ3v) is 6.71. The number of nitrogens with zero attached hydrogens (tertiary/aromatic N) is 1. The number of benzene rings is 2. The molecular weight excluding hydrogens is 448 g/mol. The molecule has 11 heteroatoms. The molecule has 0 bridgehead atoms. The number of hydrogen-bond acceptors (Lipinski definition) is 7. The maximum absolute atomic E-state index is 13.0. The molecule has 2 aromatic rings. The lowest BCUT2D eigenvalue weighted by atomic mass is 10.2. The average Bonchev–Trinajstić information content (AvgIpc) is 2.78. The first-order valence-corrected chi connectivity index (χ1v) is 11.1. The monoisotopic (exact) mass is 468 g/mol. The molecule has 0 atom stereocenters. The molecule has 2 aromatic carbocycles. The highest BCUT2D eigenvalue weighted by molar-refractivity contribution is 7.89. The molecule has 3 rings (SSSR count). The second kappa shape index (κ2) is 10.1. The normalized spacial score (nSPS) is 14.6. The number of carbonyl (C=O) groups excluding carboxylic acids is 2. The van der Waals surface area contributed by atoms with Crippen LogP contribution in [0.3, 0.4) is 0 Å². The number of rotatable bonds is 7. The minimum absolute atomic E-state index is 0.0808. The van der Waals surface area contributed by atoms with Crippen LogP contribution in [-0.2, 0) is 24.3 Å². The summed E-state index contributed by atoms with van der Waals surface area (Å²) in [7, 11) is -2.49. The van der Waals surface area contributed by atoms with E-state index >= 15 is 0 Å². The van der Waals surface area contributed by atoms with Crippen molar-refractivity contribution in [2.45, 2.75) is 4.90 Å². The lowest BCUT2D eigenvalue weighted by molar-refractivity contribution is -0.119. The molecule has 1 aliphatic heterocycles. The van der Waals surface area contributed by atoms with Gasteiger partial charge in [0.1, 0.15) is 10.6 Å². The van der Waals surface area contributed by atoms with Crippen LogP contribution in [0.25, 0.3) is 0 Å². The van der Waals surface area contributed by atoms with E-state index in [-0.39, 0.29) is 40.0 Å². The number of morpholine rings is 1. The third-order valence-electron chi connectivity index (χ3n) is 4.46. The van der Waals surface area contributed by atoms with Crippen molar-refractivity contribution in [1.82, 2.24) is 4.31 Å². The van der Waals surface area contributed by atoms with Gasteiger partial charge in [-0.05, 0) is 30.3 Å². The van der Waals surface area contributed by atoms with Gasteiger partial charge in [0.2, 0.25) is 10.0 Å². The van der Waals surface area contributed by atoms with E-state index in [1.807, 2.05) is 0 Å². The predicted molar refractivity (Wildman–Crippen MR) is 113 cm³/mol. The first-order valence-electron chi connectivity index (χ1n) is 9.30. The second-order valence-electron chi connectivity index (χ2n) is 6.49. The summed E-state index contributed by atoms with van der Waals surface area (Å²) in [5.41, 5.74) is 0.353. The van der Waals surface area contributed by atoms with E-state index in [0.717, 1.165) is 0 Å². The molecule has 1 saturated heterocycles. The van der Waals surface area contributed by atoms with Gasteiger partial charge in [0, 0.05) is 18.8 Å². The largest absolute Gasteiger partial charge is 0.495 e. The van der Waals surface area contributed by atoms with Crippen LogP contribution >= 0.6 is 11.6 Å². The van der Waals surface area contributed by atoms with Crippen molar-refractivity contribution in [3.63, 3.8) is 0 Å². The van der Waals surface area contributed by atoms with Crippen LogP contribution in [0.4, 0.5) is 5.69 Å². The molecule has 0 aliphatic carbocycles. The van der Waals surface area contributed by atoms with Crippen molar-refractivity contribution in [3.05, 3.63) is 53.1 Å². The highest BCUT2D eigenvalue weighted by atomic mass is 35.5. The Balaban J connectivity index is 1.70. The standard InChI is InChI=1S/C20H21ClN2O7S/c1-28-17-7-6-14(12-18(17)31(26,27)23-8-10-29-11-9-23)22-19(24)13-30-20(25)15-4-2-3-5-16(15)21/h2-7,12H,8-11,13H2,1H3,(H,22,24).